The minimum absolute atomic E-state index is 0.0929. The summed E-state index contributed by atoms with van der Waals surface area (Å²) in [6.45, 7) is 1.47. The highest BCUT2D eigenvalue weighted by atomic mass is 16.1. The molecular weight excluding hydrogens is 228 g/mol. The Morgan fingerprint density at radius 3 is 2.44 bits per heavy atom. The molecule has 0 unspecified atom stereocenters. The Balaban J connectivity index is 2.11. The minimum Gasteiger partial charge on any atom is -0.396 e. The number of pyridine rings is 1. The third-order valence-corrected chi connectivity index (χ3v) is 2.31. The summed E-state index contributed by atoms with van der Waals surface area (Å²) in [4.78, 5) is 15.0. The van der Waals surface area contributed by atoms with Crippen molar-refractivity contribution in [3.05, 3.63) is 42.6 Å². The van der Waals surface area contributed by atoms with Gasteiger partial charge in [-0.15, -0.1) is 0 Å². The van der Waals surface area contributed by atoms with Crippen molar-refractivity contribution in [2.75, 3.05) is 16.4 Å². The van der Waals surface area contributed by atoms with Gasteiger partial charge in [0.2, 0.25) is 5.91 Å². The predicted molar refractivity (Wildman–Crippen MR) is 72.7 cm³/mol. The summed E-state index contributed by atoms with van der Waals surface area (Å²) in [6, 6.07) is 10.9. The summed E-state index contributed by atoms with van der Waals surface area (Å²) in [5.74, 6) is 0.523. The van der Waals surface area contributed by atoms with Crippen LogP contribution in [-0.4, -0.2) is 10.9 Å². The molecular formula is C13H14N4O. The standard InChI is InChI=1S/C13H14N4O/c1-9(18)16-10-4-6-11(7-5-10)17-13-12(14)3-2-8-15-13/h2-8H,14H2,1H3,(H,15,17)(H,16,18). The smallest absolute Gasteiger partial charge is 0.221 e. The monoisotopic (exact) mass is 242 g/mol. The fourth-order valence-electron chi connectivity index (χ4n) is 1.50. The Labute approximate surface area is 105 Å². The summed E-state index contributed by atoms with van der Waals surface area (Å²) in [5.41, 5.74) is 7.98. The van der Waals surface area contributed by atoms with E-state index in [4.69, 9.17) is 5.73 Å². The van der Waals surface area contributed by atoms with Crippen LogP contribution >= 0.6 is 0 Å². The van der Waals surface area contributed by atoms with E-state index in [1.165, 1.54) is 6.92 Å². The molecule has 0 saturated carbocycles. The van der Waals surface area contributed by atoms with Crippen molar-refractivity contribution in [1.29, 1.82) is 0 Å². The first-order valence-corrected chi connectivity index (χ1v) is 5.50. The van der Waals surface area contributed by atoms with Gasteiger partial charge in [-0.2, -0.15) is 0 Å². The summed E-state index contributed by atoms with van der Waals surface area (Å²) in [6.07, 6.45) is 1.67. The Kier molecular flexibility index (Phi) is 3.43. The molecule has 1 aromatic carbocycles. The maximum atomic E-state index is 10.9. The number of nitrogens with zero attached hydrogens (tertiary/aromatic N) is 1. The van der Waals surface area contributed by atoms with Crippen LogP contribution in [0.2, 0.25) is 0 Å². The quantitative estimate of drug-likeness (QED) is 0.772. The third-order valence-electron chi connectivity index (χ3n) is 2.31. The van der Waals surface area contributed by atoms with Crippen molar-refractivity contribution in [2.45, 2.75) is 6.92 Å². The number of aromatic nitrogens is 1. The topological polar surface area (TPSA) is 80.0 Å². The lowest BCUT2D eigenvalue weighted by Gasteiger charge is -2.08. The van der Waals surface area contributed by atoms with Crippen molar-refractivity contribution >= 4 is 28.8 Å². The van der Waals surface area contributed by atoms with Gasteiger partial charge in [-0.05, 0) is 36.4 Å². The van der Waals surface area contributed by atoms with Crippen molar-refractivity contribution in [3.8, 4) is 0 Å². The van der Waals surface area contributed by atoms with Crippen LogP contribution in [0, 0.1) is 0 Å². The fourth-order valence-corrected chi connectivity index (χ4v) is 1.50. The van der Waals surface area contributed by atoms with E-state index in [-0.39, 0.29) is 5.91 Å². The summed E-state index contributed by atoms with van der Waals surface area (Å²) in [5, 5.41) is 5.80. The van der Waals surface area contributed by atoms with Crippen LogP contribution in [0.1, 0.15) is 6.92 Å². The number of amides is 1. The van der Waals surface area contributed by atoms with Crippen LogP contribution in [-0.2, 0) is 4.79 Å². The number of benzene rings is 1. The molecule has 0 bridgehead atoms. The van der Waals surface area contributed by atoms with Gasteiger partial charge < -0.3 is 16.4 Å². The molecule has 0 aliphatic rings. The van der Waals surface area contributed by atoms with E-state index < -0.39 is 0 Å². The number of carbonyl (C=O) groups is 1. The molecule has 0 saturated heterocycles. The number of nitrogens with one attached hydrogen (secondary N) is 2. The van der Waals surface area contributed by atoms with Crippen LogP contribution < -0.4 is 16.4 Å². The van der Waals surface area contributed by atoms with Crippen LogP contribution in [0.25, 0.3) is 0 Å². The van der Waals surface area contributed by atoms with Gasteiger partial charge in [0.25, 0.3) is 0 Å². The molecule has 4 N–H and O–H groups in total. The van der Waals surface area contributed by atoms with E-state index in [1.54, 1.807) is 18.3 Å². The molecule has 0 aliphatic carbocycles. The predicted octanol–water partition coefficient (Wildman–Crippen LogP) is 2.37. The molecule has 1 amide bonds. The molecule has 1 aromatic heterocycles. The van der Waals surface area contributed by atoms with E-state index >= 15 is 0 Å². The maximum Gasteiger partial charge on any atom is 0.221 e. The Hall–Kier alpha value is -2.56. The van der Waals surface area contributed by atoms with Gasteiger partial charge in [-0.25, -0.2) is 4.98 Å². The van der Waals surface area contributed by atoms with Crippen molar-refractivity contribution in [2.24, 2.45) is 0 Å². The number of hydrogen-bond donors (Lipinski definition) is 3. The molecule has 92 valence electrons. The van der Waals surface area contributed by atoms with Crippen LogP contribution in [0.15, 0.2) is 42.6 Å². The number of nitrogen functional groups attached to an aromatic ring is 1. The van der Waals surface area contributed by atoms with Gasteiger partial charge in [0.05, 0.1) is 5.69 Å². The molecule has 0 radical (unpaired) electrons. The lowest BCUT2D eigenvalue weighted by Crippen LogP contribution is -2.05. The van der Waals surface area contributed by atoms with Crippen molar-refractivity contribution < 1.29 is 4.79 Å². The first-order valence-electron chi connectivity index (χ1n) is 5.50. The van der Waals surface area contributed by atoms with Gasteiger partial charge >= 0.3 is 0 Å². The highest BCUT2D eigenvalue weighted by Gasteiger charge is 2.00. The summed E-state index contributed by atoms with van der Waals surface area (Å²) in [7, 11) is 0. The van der Waals surface area contributed by atoms with E-state index in [0.29, 0.717) is 11.5 Å². The third kappa shape index (κ3) is 2.98. The Morgan fingerprint density at radius 1 is 1.17 bits per heavy atom. The highest BCUT2D eigenvalue weighted by Crippen LogP contribution is 2.21. The maximum absolute atomic E-state index is 10.9. The second kappa shape index (κ2) is 5.18. The number of nitrogens with two attached hydrogens (primary N) is 1. The van der Waals surface area contributed by atoms with Crippen LogP contribution in [0.3, 0.4) is 0 Å². The van der Waals surface area contributed by atoms with E-state index in [9.17, 15) is 4.79 Å². The summed E-state index contributed by atoms with van der Waals surface area (Å²) < 4.78 is 0. The lowest BCUT2D eigenvalue weighted by molar-refractivity contribution is -0.114. The van der Waals surface area contributed by atoms with Gasteiger partial charge in [-0.3, -0.25) is 4.79 Å². The molecule has 2 rings (SSSR count). The second-order valence-corrected chi connectivity index (χ2v) is 3.82. The Morgan fingerprint density at radius 2 is 1.83 bits per heavy atom. The first kappa shape index (κ1) is 11.9. The number of carbonyl (C=O) groups excluding carboxylic acids is 1. The molecule has 0 atom stereocenters. The molecule has 5 heteroatoms. The highest BCUT2D eigenvalue weighted by molar-refractivity contribution is 5.88. The fraction of sp³-hybridized carbons (Fsp3) is 0.0769. The van der Waals surface area contributed by atoms with E-state index in [2.05, 4.69) is 15.6 Å². The average molecular weight is 242 g/mol. The normalized spacial score (nSPS) is 9.83. The second-order valence-electron chi connectivity index (χ2n) is 3.82. The zero-order valence-corrected chi connectivity index (χ0v) is 9.97. The first-order chi connectivity index (χ1) is 8.65. The van der Waals surface area contributed by atoms with Crippen LogP contribution in [0.4, 0.5) is 22.9 Å². The Bertz CT molecular complexity index is 551. The largest absolute Gasteiger partial charge is 0.396 e. The molecule has 1 heterocycles. The van der Waals surface area contributed by atoms with Gasteiger partial charge in [0, 0.05) is 24.5 Å². The summed E-state index contributed by atoms with van der Waals surface area (Å²) >= 11 is 0. The van der Waals surface area contributed by atoms with Gasteiger partial charge in [0.15, 0.2) is 5.82 Å². The van der Waals surface area contributed by atoms with Crippen molar-refractivity contribution in [3.63, 3.8) is 0 Å². The van der Waals surface area contributed by atoms with E-state index in [0.717, 1.165) is 11.4 Å². The average Bonchev–Trinajstić information content (AvgIpc) is 2.34. The van der Waals surface area contributed by atoms with Gasteiger partial charge in [0.1, 0.15) is 0 Å². The number of rotatable bonds is 3. The lowest BCUT2D eigenvalue weighted by atomic mass is 10.2. The van der Waals surface area contributed by atoms with E-state index in [1.807, 2.05) is 24.3 Å². The SMILES string of the molecule is CC(=O)Nc1ccc(Nc2ncccc2N)cc1. The zero-order valence-electron chi connectivity index (χ0n) is 9.97. The molecule has 2 aromatic rings. The van der Waals surface area contributed by atoms with Crippen LogP contribution in [0.5, 0.6) is 0 Å². The molecule has 0 fully saturated rings. The molecule has 0 spiro atoms. The molecule has 18 heavy (non-hydrogen) atoms. The molecule has 5 nitrogen and oxygen atoms in total. The number of hydrogen-bond acceptors (Lipinski definition) is 4. The van der Waals surface area contributed by atoms with Gasteiger partial charge in [-0.1, -0.05) is 0 Å². The zero-order chi connectivity index (χ0) is 13.0. The molecule has 0 aliphatic heterocycles. The van der Waals surface area contributed by atoms with Crippen molar-refractivity contribution in [1.82, 2.24) is 4.98 Å². The minimum atomic E-state index is -0.0929. The number of anilines is 4.